The largest absolute Gasteiger partial charge is 0.508 e. The molecule has 32 heavy (non-hydrogen) atoms. The monoisotopic (exact) mass is 446 g/mol. The average Bonchev–Trinajstić information content (AvgIpc) is 2.75. The van der Waals surface area contributed by atoms with Gasteiger partial charge in [0.15, 0.2) is 5.43 Å². The number of hydrogen-bond donors (Lipinski definition) is 5. The molecular weight excluding hydrogens is 424 g/mol. The van der Waals surface area contributed by atoms with E-state index in [0.29, 0.717) is 5.56 Å². The van der Waals surface area contributed by atoms with Crippen molar-refractivity contribution < 1.29 is 44.2 Å². The van der Waals surface area contributed by atoms with Crippen molar-refractivity contribution in [3.05, 3.63) is 52.7 Å². The molecule has 2 unspecified atom stereocenters. The first kappa shape index (κ1) is 22.1. The number of aromatic hydroxyl groups is 2. The molecule has 1 aliphatic rings. The second kappa shape index (κ2) is 8.77. The van der Waals surface area contributed by atoms with Crippen LogP contribution in [0, 0.1) is 0 Å². The van der Waals surface area contributed by atoms with E-state index in [2.05, 4.69) is 0 Å². The van der Waals surface area contributed by atoms with Crippen LogP contribution in [0.3, 0.4) is 0 Å². The SMILES string of the molecule is COCC1O[C@@H](Oc2cc(O)c3c(=O)cc(-c4ccc(O)cc4)oc3c2)C(O)[C@@H](O)[C@H]1O. The third kappa shape index (κ3) is 4.14. The summed E-state index contributed by atoms with van der Waals surface area (Å²) in [6.07, 6.45) is -6.89. The molecule has 10 nitrogen and oxygen atoms in total. The summed E-state index contributed by atoms with van der Waals surface area (Å²) in [4.78, 5) is 12.6. The molecule has 1 fully saturated rings. The van der Waals surface area contributed by atoms with Crippen LogP contribution < -0.4 is 10.2 Å². The minimum atomic E-state index is -1.59. The van der Waals surface area contributed by atoms with Gasteiger partial charge in [0, 0.05) is 30.9 Å². The third-order valence-corrected chi connectivity index (χ3v) is 5.19. The van der Waals surface area contributed by atoms with Gasteiger partial charge in [-0.3, -0.25) is 4.79 Å². The maximum absolute atomic E-state index is 12.6. The Bertz CT molecular complexity index is 1160. The Hall–Kier alpha value is -3.15. The van der Waals surface area contributed by atoms with Gasteiger partial charge in [0.2, 0.25) is 6.29 Å². The van der Waals surface area contributed by atoms with Gasteiger partial charge in [-0.2, -0.15) is 0 Å². The van der Waals surface area contributed by atoms with Crippen molar-refractivity contribution in [2.75, 3.05) is 13.7 Å². The lowest BCUT2D eigenvalue weighted by atomic mass is 9.99. The molecule has 2 aromatic carbocycles. The maximum Gasteiger partial charge on any atom is 0.229 e. The van der Waals surface area contributed by atoms with E-state index in [-0.39, 0.29) is 34.8 Å². The molecule has 5 atom stereocenters. The lowest BCUT2D eigenvalue weighted by molar-refractivity contribution is -0.278. The zero-order valence-electron chi connectivity index (χ0n) is 16.9. The summed E-state index contributed by atoms with van der Waals surface area (Å²) in [5.41, 5.74) is 0.0408. The van der Waals surface area contributed by atoms with E-state index in [0.717, 1.165) is 6.07 Å². The number of phenolic OH excluding ortho intramolecular Hbond substituents is 2. The summed E-state index contributed by atoms with van der Waals surface area (Å²) in [6.45, 7) is -0.0569. The van der Waals surface area contributed by atoms with Gasteiger partial charge in [-0.1, -0.05) is 0 Å². The molecule has 0 radical (unpaired) electrons. The van der Waals surface area contributed by atoms with Crippen molar-refractivity contribution in [3.8, 4) is 28.6 Å². The number of hydrogen-bond acceptors (Lipinski definition) is 10. The van der Waals surface area contributed by atoms with Crippen LogP contribution in [0.4, 0.5) is 0 Å². The van der Waals surface area contributed by atoms with Gasteiger partial charge in [0.05, 0.1) is 6.61 Å². The number of fused-ring (bicyclic) bond motifs is 1. The standard InChI is InChI=1S/C22H22O10/c1-29-9-17-19(26)20(27)21(28)22(32-17)30-12-6-13(24)18-14(25)8-15(31-16(18)7-12)10-2-4-11(23)5-3-10/h2-8,17,19-24,26-28H,9H2,1H3/t17?,19-,20-,21?,22+/m0/s1. The van der Waals surface area contributed by atoms with Gasteiger partial charge in [0.25, 0.3) is 0 Å². The molecule has 1 aliphatic heterocycles. The van der Waals surface area contributed by atoms with E-state index in [1.807, 2.05) is 0 Å². The second-order valence-electron chi connectivity index (χ2n) is 7.43. The minimum Gasteiger partial charge on any atom is -0.508 e. The highest BCUT2D eigenvalue weighted by Crippen LogP contribution is 2.33. The Balaban J connectivity index is 1.69. The fourth-order valence-corrected chi connectivity index (χ4v) is 3.53. The van der Waals surface area contributed by atoms with Crippen LogP contribution in [0.2, 0.25) is 0 Å². The average molecular weight is 446 g/mol. The van der Waals surface area contributed by atoms with Crippen molar-refractivity contribution >= 4 is 11.0 Å². The lowest BCUT2D eigenvalue weighted by Crippen LogP contribution is -2.60. The van der Waals surface area contributed by atoms with E-state index < -0.39 is 41.9 Å². The second-order valence-corrected chi connectivity index (χ2v) is 7.43. The van der Waals surface area contributed by atoms with Crippen LogP contribution in [-0.4, -0.2) is 70.0 Å². The predicted molar refractivity (Wildman–Crippen MR) is 110 cm³/mol. The highest BCUT2D eigenvalue weighted by Gasteiger charge is 2.45. The number of methoxy groups -OCH3 is 1. The summed E-state index contributed by atoms with van der Waals surface area (Å²) in [5.74, 6) is -0.172. The normalized spacial score (nSPS) is 25.7. The molecule has 2 heterocycles. The van der Waals surface area contributed by atoms with Crippen molar-refractivity contribution in [2.24, 2.45) is 0 Å². The molecule has 1 saturated heterocycles. The fourth-order valence-electron chi connectivity index (χ4n) is 3.53. The van der Waals surface area contributed by atoms with E-state index >= 15 is 0 Å². The number of benzene rings is 2. The van der Waals surface area contributed by atoms with E-state index in [1.54, 1.807) is 12.1 Å². The van der Waals surface area contributed by atoms with Crippen LogP contribution in [0.1, 0.15) is 0 Å². The van der Waals surface area contributed by atoms with Gasteiger partial charge in [-0.05, 0) is 24.3 Å². The Morgan fingerprint density at radius 2 is 1.69 bits per heavy atom. The Kier molecular flexibility index (Phi) is 6.04. The number of aliphatic hydroxyl groups excluding tert-OH is 3. The topological polar surface area (TPSA) is 159 Å². The molecule has 0 amide bonds. The zero-order valence-corrected chi connectivity index (χ0v) is 16.9. The van der Waals surface area contributed by atoms with Crippen LogP contribution >= 0.6 is 0 Å². The number of rotatable bonds is 5. The third-order valence-electron chi connectivity index (χ3n) is 5.19. The van der Waals surface area contributed by atoms with Gasteiger partial charge in [-0.25, -0.2) is 0 Å². The van der Waals surface area contributed by atoms with Gasteiger partial charge in [-0.15, -0.1) is 0 Å². The van der Waals surface area contributed by atoms with Crippen LogP contribution in [0.5, 0.6) is 17.2 Å². The quantitative estimate of drug-likeness (QED) is 0.378. The number of ether oxygens (including phenoxy) is 3. The van der Waals surface area contributed by atoms with Gasteiger partial charge in [0.1, 0.15) is 58.4 Å². The number of phenols is 2. The first-order valence-electron chi connectivity index (χ1n) is 9.74. The molecule has 1 aromatic heterocycles. The predicted octanol–water partition coefficient (Wildman–Crippen LogP) is 0.704. The van der Waals surface area contributed by atoms with E-state index in [9.17, 15) is 30.3 Å². The smallest absolute Gasteiger partial charge is 0.229 e. The van der Waals surface area contributed by atoms with Crippen molar-refractivity contribution in [3.63, 3.8) is 0 Å². The zero-order chi connectivity index (χ0) is 23.0. The van der Waals surface area contributed by atoms with Crippen LogP contribution in [0.25, 0.3) is 22.3 Å². The fraction of sp³-hybridized carbons (Fsp3) is 0.318. The minimum absolute atomic E-state index is 0.00917. The number of aliphatic hydroxyl groups is 3. The molecule has 0 saturated carbocycles. The highest BCUT2D eigenvalue weighted by molar-refractivity contribution is 5.86. The van der Waals surface area contributed by atoms with Crippen molar-refractivity contribution in [1.29, 1.82) is 0 Å². The molecule has 3 aromatic rings. The lowest BCUT2D eigenvalue weighted by Gasteiger charge is -2.39. The summed E-state index contributed by atoms with van der Waals surface area (Å²) in [7, 11) is 1.39. The Labute approximate surface area is 181 Å². The maximum atomic E-state index is 12.6. The molecular formula is C22H22O10. The van der Waals surface area contributed by atoms with Gasteiger partial charge < -0.3 is 44.2 Å². The summed E-state index contributed by atoms with van der Waals surface area (Å²) in [5, 5.41) is 50.1. The molecule has 0 bridgehead atoms. The molecule has 4 rings (SSSR count). The summed E-state index contributed by atoms with van der Waals surface area (Å²) in [6, 6.07) is 9.71. The van der Waals surface area contributed by atoms with E-state index in [4.69, 9.17) is 18.6 Å². The van der Waals surface area contributed by atoms with Crippen molar-refractivity contribution in [1.82, 2.24) is 0 Å². The van der Waals surface area contributed by atoms with Gasteiger partial charge >= 0.3 is 0 Å². The summed E-state index contributed by atoms with van der Waals surface area (Å²) < 4.78 is 21.8. The molecule has 0 spiro atoms. The Morgan fingerprint density at radius 3 is 2.38 bits per heavy atom. The Morgan fingerprint density at radius 1 is 0.969 bits per heavy atom. The highest BCUT2D eigenvalue weighted by atomic mass is 16.7. The molecule has 10 heteroatoms. The first-order valence-corrected chi connectivity index (χ1v) is 9.74. The van der Waals surface area contributed by atoms with Crippen LogP contribution in [0.15, 0.2) is 51.7 Å². The summed E-state index contributed by atoms with van der Waals surface area (Å²) >= 11 is 0. The molecule has 170 valence electrons. The van der Waals surface area contributed by atoms with E-state index in [1.165, 1.54) is 31.4 Å². The molecule has 5 N–H and O–H groups in total. The molecule has 0 aliphatic carbocycles. The first-order chi connectivity index (χ1) is 15.3. The van der Waals surface area contributed by atoms with Crippen molar-refractivity contribution in [2.45, 2.75) is 30.7 Å². The van der Waals surface area contributed by atoms with Crippen LogP contribution in [-0.2, 0) is 9.47 Å².